The van der Waals surface area contributed by atoms with E-state index in [-0.39, 0.29) is 23.8 Å². The fourth-order valence-corrected chi connectivity index (χ4v) is 3.61. The second-order valence-electron chi connectivity index (χ2n) is 4.95. The second-order valence-corrected chi connectivity index (χ2v) is 7.18. The van der Waals surface area contributed by atoms with Gasteiger partial charge in [-0.2, -0.15) is 0 Å². The molecule has 1 unspecified atom stereocenters. The summed E-state index contributed by atoms with van der Waals surface area (Å²) in [6.45, 7) is 2.78. The lowest BCUT2D eigenvalue weighted by Gasteiger charge is -2.21. The number of carboxylic acids is 1. The number of carboxylic acid groups (broad SMARTS) is 1. The van der Waals surface area contributed by atoms with Crippen LogP contribution in [0.2, 0.25) is 0 Å². The first-order valence-corrected chi connectivity index (χ1v) is 7.19. The van der Waals surface area contributed by atoms with Gasteiger partial charge in [0.2, 0.25) is 5.91 Å². The zero-order chi connectivity index (χ0) is 13.3. The summed E-state index contributed by atoms with van der Waals surface area (Å²) >= 11 is 0. The van der Waals surface area contributed by atoms with E-state index >= 15 is 0 Å². The SMILES string of the molecule is CC(C)(NC(=O)CC1CCS(=O)(=O)C1)C(=O)O. The maximum atomic E-state index is 11.6. The maximum Gasteiger partial charge on any atom is 0.328 e. The summed E-state index contributed by atoms with van der Waals surface area (Å²) in [6.07, 6.45) is 0.541. The van der Waals surface area contributed by atoms with Crippen molar-refractivity contribution in [1.29, 1.82) is 0 Å². The van der Waals surface area contributed by atoms with Crippen molar-refractivity contribution in [2.75, 3.05) is 11.5 Å². The molecule has 17 heavy (non-hydrogen) atoms. The highest BCUT2D eigenvalue weighted by Gasteiger charge is 2.33. The van der Waals surface area contributed by atoms with Crippen molar-refractivity contribution in [3.63, 3.8) is 0 Å². The van der Waals surface area contributed by atoms with Gasteiger partial charge in [0.25, 0.3) is 0 Å². The highest BCUT2D eigenvalue weighted by Crippen LogP contribution is 2.21. The Morgan fingerprint density at radius 3 is 2.41 bits per heavy atom. The molecular formula is C10H17NO5S. The van der Waals surface area contributed by atoms with Gasteiger partial charge in [-0.1, -0.05) is 0 Å². The molecule has 0 bridgehead atoms. The predicted molar refractivity (Wildman–Crippen MR) is 61.2 cm³/mol. The van der Waals surface area contributed by atoms with Crippen molar-refractivity contribution in [3.8, 4) is 0 Å². The third kappa shape index (κ3) is 3.99. The Labute approximate surface area is 100 Å². The molecule has 1 saturated heterocycles. The number of hydrogen-bond donors (Lipinski definition) is 2. The average Bonchev–Trinajstić information content (AvgIpc) is 2.43. The fourth-order valence-electron chi connectivity index (χ4n) is 1.75. The van der Waals surface area contributed by atoms with Crippen LogP contribution in [0.3, 0.4) is 0 Å². The number of nitrogens with one attached hydrogen (secondary N) is 1. The Morgan fingerprint density at radius 2 is 2.00 bits per heavy atom. The summed E-state index contributed by atoms with van der Waals surface area (Å²) in [7, 11) is -3.00. The number of hydrogen-bond acceptors (Lipinski definition) is 4. The Balaban J connectivity index is 2.49. The Morgan fingerprint density at radius 1 is 1.41 bits per heavy atom. The van der Waals surface area contributed by atoms with E-state index in [1.807, 2.05) is 0 Å². The predicted octanol–water partition coefficient (Wildman–Crippen LogP) is -0.209. The molecule has 0 saturated carbocycles. The number of carbonyl (C=O) groups is 2. The molecule has 0 spiro atoms. The molecule has 1 atom stereocenters. The molecule has 7 heteroatoms. The van der Waals surface area contributed by atoms with Crippen molar-refractivity contribution >= 4 is 21.7 Å². The number of sulfone groups is 1. The largest absolute Gasteiger partial charge is 0.480 e. The number of rotatable bonds is 4. The minimum atomic E-state index is -3.00. The van der Waals surface area contributed by atoms with Crippen LogP contribution in [0.1, 0.15) is 26.7 Å². The van der Waals surface area contributed by atoms with Gasteiger partial charge in [0.1, 0.15) is 5.54 Å². The van der Waals surface area contributed by atoms with Crippen LogP contribution in [0, 0.1) is 5.92 Å². The first kappa shape index (κ1) is 14.0. The Kier molecular flexibility index (Phi) is 3.81. The molecule has 1 fully saturated rings. The van der Waals surface area contributed by atoms with E-state index in [1.54, 1.807) is 0 Å². The van der Waals surface area contributed by atoms with Gasteiger partial charge in [0.15, 0.2) is 9.84 Å². The molecule has 1 amide bonds. The van der Waals surface area contributed by atoms with Crippen molar-refractivity contribution in [1.82, 2.24) is 5.32 Å². The molecular weight excluding hydrogens is 246 g/mol. The molecule has 1 rings (SSSR count). The molecule has 0 aliphatic carbocycles. The number of carbonyl (C=O) groups excluding carboxylic acids is 1. The average molecular weight is 263 g/mol. The molecule has 0 aromatic rings. The van der Waals surface area contributed by atoms with E-state index in [0.717, 1.165) is 0 Å². The highest BCUT2D eigenvalue weighted by molar-refractivity contribution is 7.91. The van der Waals surface area contributed by atoms with Gasteiger partial charge in [-0.15, -0.1) is 0 Å². The molecule has 1 heterocycles. The minimum absolute atomic E-state index is 0.0217. The first-order chi connectivity index (χ1) is 7.62. The van der Waals surface area contributed by atoms with Gasteiger partial charge < -0.3 is 10.4 Å². The van der Waals surface area contributed by atoms with Crippen LogP contribution in [-0.4, -0.2) is 42.4 Å². The smallest absolute Gasteiger partial charge is 0.328 e. The van der Waals surface area contributed by atoms with Gasteiger partial charge in [-0.25, -0.2) is 13.2 Å². The van der Waals surface area contributed by atoms with Crippen LogP contribution in [-0.2, 0) is 19.4 Å². The van der Waals surface area contributed by atoms with E-state index in [0.29, 0.717) is 6.42 Å². The van der Waals surface area contributed by atoms with Crippen LogP contribution in [0.5, 0.6) is 0 Å². The molecule has 98 valence electrons. The molecule has 2 N–H and O–H groups in total. The highest BCUT2D eigenvalue weighted by atomic mass is 32.2. The van der Waals surface area contributed by atoms with E-state index < -0.39 is 27.3 Å². The van der Waals surface area contributed by atoms with Crippen LogP contribution in [0.25, 0.3) is 0 Å². The summed E-state index contributed by atoms with van der Waals surface area (Å²) in [4.78, 5) is 22.3. The normalized spacial score (nSPS) is 23.3. The van der Waals surface area contributed by atoms with Crippen LogP contribution in [0.4, 0.5) is 0 Å². The van der Waals surface area contributed by atoms with Crippen molar-refractivity contribution in [2.45, 2.75) is 32.2 Å². The molecule has 6 nitrogen and oxygen atoms in total. The lowest BCUT2D eigenvalue weighted by atomic mass is 10.0. The molecule has 1 aliphatic rings. The standard InChI is InChI=1S/C10H17NO5S/c1-10(2,9(13)14)11-8(12)5-7-3-4-17(15,16)6-7/h7H,3-6H2,1-2H3,(H,11,12)(H,13,14). The van der Waals surface area contributed by atoms with E-state index in [4.69, 9.17) is 5.11 Å². The summed E-state index contributed by atoms with van der Waals surface area (Å²) in [5.74, 6) is -1.59. The van der Waals surface area contributed by atoms with E-state index in [1.165, 1.54) is 13.8 Å². The van der Waals surface area contributed by atoms with Gasteiger partial charge in [0, 0.05) is 6.42 Å². The lowest BCUT2D eigenvalue weighted by molar-refractivity contribution is -0.146. The van der Waals surface area contributed by atoms with Gasteiger partial charge in [0.05, 0.1) is 11.5 Å². The quantitative estimate of drug-likeness (QED) is 0.731. The van der Waals surface area contributed by atoms with Crippen molar-refractivity contribution in [2.24, 2.45) is 5.92 Å². The van der Waals surface area contributed by atoms with Crippen molar-refractivity contribution in [3.05, 3.63) is 0 Å². The Bertz CT molecular complexity index is 426. The summed E-state index contributed by atoms with van der Waals surface area (Å²) in [5.41, 5.74) is -1.32. The zero-order valence-electron chi connectivity index (χ0n) is 9.89. The topological polar surface area (TPSA) is 101 Å². The fraction of sp³-hybridized carbons (Fsp3) is 0.800. The van der Waals surface area contributed by atoms with E-state index in [9.17, 15) is 18.0 Å². The van der Waals surface area contributed by atoms with Gasteiger partial charge >= 0.3 is 5.97 Å². The third-order valence-electron chi connectivity index (χ3n) is 2.79. The van der Waals surface area contributed by atoms with Crippen LogP contribution in [0.15, 0.2) is 0 Å². The van der Waals surface area contributed by atoms with E-state index in [2.05, 4.69) is 5.32 Å². The monoisotopic (exact) mass is 263 g/mol. The van der Waals surface area contributed by atoms with Crippen molar-refractivity contribution < 1.29 is 23.1 Å². The first-order valence-electron chi connectivity index (χ1n) is 5.37. The lowest BCUT2D eigenvalue weighted by Crippen LogP contribution is -2.50. The molecule has 0 aromatic heterocycles. The summed E-state index contributed by atoms with van der Waals surface area (Å²) in [5, 5.41) is 11.2. The van der Waals surface area contributed by atoms with Crippen LogP contribution >= 0.6 is 0 Å². The van der Waals surface area contributed by atoms with Gasteiger partial charge in [-0.3, -0.25) is 4.79 Å². The molecule has 0 radical (unpaired) electrons. The number of amides is 1. The molecule has 1 aliphatic heterocycles. The van der Waals surface area contributed by atoms with Crippen LogP contribution < -0.4 is 5.32 Å². The number of aliphatic carboxylic acids is 1. The summed E-state index contributed by atoms with van der Waals surface area (Å²) < 4.78 is 22.4. The summed E-state index contributed by atoms with van der Waals surface area (Å²) in [6, 6.07) is 0. The second kappa shape index (κ2) is 4.64. The van der Waals surface area contributed by atoms with Gasteiger partial charge in [-0.05, 0) is 26.2 Å². The maximum absolute atomic E-state index is 11.6. The Hall–Kier alpha value is -1.11. The third-order valence-corrected chi connectivity index (χ3v) is 4.62. The molecule has 0 aromatic carbocycles. The zero-order valence-corrected chi connectivity index (χ0v) is 10.7. The minimum Gasteiger partial charge on any atom is -0.480 e.